The van der Waals surface area contributed by atoms with Crippen LogP contribution in [-0.4, -0.2) is 24.3 Å². The lowest BCUT2D eigenvalue weighted by molar-refractivity contribution is 0.0633. The van der Waals surface area contributed by atoms with E-state index in [2.05, 4.69) is 4.98 Å². The van der Waals surface area contributed by atoms with Crippen LogP contribution in [0, 0.1) is 0 Å². The van der Waals surface area contributed by atoms with Crippen LogP contribution in [0.15, 0.2) is 18.3 Å². The number of nitrogens with two attached hydrogens (primary N) is 1. The van der Waals surface area contributed by atoms with Crippen LogP contribution in [0.5, 0.6) is 5.88 Å². The Morgan fingerprint density at radius 2 is 2.12 bits per heavy atom. The van der Waals surface area contributed by atoms with Crippen molar-refractivity contribution in [2.24, 2.45) is 5.73 Å². The average Bonchev–Trinajstić information content (AvgIpc) is 2.27. The Kier molecular flexibility index (Phi) is 5.22. The second-order valence-electron chi connectivity index (χ2n) is 3.81. The quantitative estimate of drug-likeness (QED) is 0.802. The average molecular weight is 224 g/mol. The molecule has 2 N–H and O–H groups in total. The fraction of sp³-hybridized carbons (Fsp3) is 0.583. The van der Waals surface area contributed by atoms with Crippen molar-refractivity contribution in [2.45, 2.75) is 32.9 Å². The van der Waals surface area contributed by atoms with Gasteiger partial charge in [-0.05, 0) is 26.3 Å². The summed E-state index contributed by atoms with van der Waals surface area (Å²) < 4.78 is 10.8. The second kappa shape index (κ2) is 6.45. The fourth-order valence-corrected chi connectivity index (χ4v) is 1.25. The molecule has 0 spiro atoms. The largest absolute Gasteiger partial charge is 0.472 e. The molecule has 0 radical (unpaired) electrons. The van der Waals surface area contributed by atoms with Crippen LogP contribution in [0.2, 0.25) is 0 Å². The molecule has 1 heterocycles. The van der Waals surface area contributed by atoms with E-state index in [9.17, 15) is 0 Å². The summed E-state index contributed by atoms with van der Waals surface area (Å²) in [5.41, 5.74) is 6.73. The molecule has 4 heteroatoms. The highest BCUT2D eigenvalue weighted by molar-refractivity contribution is 5.20. The molecular formula is C12H20N2O2. The summed E-state index contributed by atoms with van der Waals surface area (Å²) in [6.45, 7) is 7.12. The van der Waals surface area contributed by atoms with Gasteiger partial charge in [0, 0.05) is 24.9 Å². The van der Waals surface area contributed by atoms with Crippen molar-refractivity contribution in [3.8, 4) is 5.88 Å². The molecule has 4 nitrogen and oxygen atoms in total. The molecule has 0 saturated heterocycles. The normalized spacial score (nSPS) is 14.5. The maximum atomic E-state index is 5.73. The van der Waals surface area contributed by atoms with Crippen LogP contribution >= 0.6 is 0 Å². The highest BCUT2D eigenvalue weighted by Gasteiger charge is 2.05. The SMILES string of the molecule is CCOCC(C)Oc1ccc([C@H](C)N)cn1. The number of pyridine rings is 1. The van der Waals surface area contributed by atoms with Crippen LogP contribution in [-0.2, 0) is 4.74 Å². The Bertz CT molecular complexity index is 298. The van der Waals surface area contributed by atoms with Gasteiger partial charge in [0.05, 0.1) is 6.61 Å². The molecule has 0 saturated carbocycles. The van der Waals surface area contributed by atoms with Gasteiger partial charge in [0.25, 0.3) is 0 Å². The van der Waals surface area contributed by atoms with Gasteiger partial charge in [0.1, 0.15) is 6.10 Å². The van der Waals surface area contributed by atoms with Crippen LogP contribution in [0.4, 0.5) is 0 Å². The predicted octanol–water partition coefficient (Wildman–Crippen LogP) is 1.91. The zero-order chi connectivity index (χ0) is 12.0. The van der Waals surface area contributed by atoms with Crippen molar-refractivity contribution < 1.29 is 9.47 Å². The molecule has 1 aromatic heterocycles. The molecule has 0 bridgehead atoms. The molecule has 0 amide bonds. The Balaban J connectivity index is 2.48. The van der Waals surface area contributed by atoms with Crippen molar-refractivity contribution in [2.75, 3.05) is 13.2 Å². The third-order valence-electron chi connectivity index (χ3n) is 2.16. The van der Waals surface area contributed by atoms with Gasteiger partial charge in [-0.15, -0.1) is 0 Å². The maximum absolute atomic E-state index is 5.73. The second-order valence-corrected chi connectivity index (χ2v) is 3.81. The monoisotopic (exact) mass is 224 g/mol. The fourth-order valence-electron chi connectivity index (χ4n) is 1.25. The van der Waals surface area contributed by atoms with Crippen molar-refractivity contribution in [1.82, 2.24) is 4.98 Å². The number of rotatable bonds is 6. The van der Waals surface area contributed by atoms with Gasteiger partial charge in [-0.1, -0.05) is 6.07 Å². The summed E-state index contributed by atoms with van der Waals surface area (Å²) in [7, 11) is 0. The van der Waals surface area contributed by atoms with Gasteiger partial charge in [0.2, 0.25) is 5.88 Å². The van der Waals surface area contributed by atoms with Crippen molar-refractivity contribution in [3.05, 3.63) is 23.9 Å². The highest BCUT2D eigenvalue weighted by atomic mass is 16.5. The molecular weight excluding hydrogens is 204 g/mol. The Labute approximate surface area is 96.8 Å². The summed E-state index contributed by atoms with van der Waals surface area (Å²) in [6.07, 6.45) is 1.75. The van der Waals surface area contributed by atoms with Gasteiger partial charge in [-0.3, -0.25) is 0 Å². The smallest absolute Gasteiger partial charge is 0.213 e. The number of nitrogens with zero attached hydrogens (tertiary/aromatic N) is 1. The zero-order valence-electron chi connectivity index (χ0n) is 10.1. The van der Waals surface area contributed by atoms with Gasteiger partial charge in [0.15, 0.2) is 0 Å². The Morgan fingerprint density at radius 3 is 2.62 bits per heavy atom. The molecule has 1 rings (SSSR count). The van der Waals surface area contributed by atoms with E-state index in [-0.39, 0.29) is 12.1 Å². The van der Waals surface area contributed by atoms with Crippen LogP contribution in [0.3, 0.4) is 0 Å². The van der Waals surface area contributed by atoms with Crippen molar-refractivity contribution >= 4 is 0 Å². The van der Waals surface area contributed by atoms with E-state index in [1.807, 2.05) is 32.9 Å². The molecule has 0 aliphatic rings. The third kappa shape index (κ3) is 4.16. The van der Waals surface area contributed by atoms with E-state index in [0.717, 1.165) is 5.56 Å². The zero-order valence-corrected chi connectivity index (χ0v) is 10.1. The minimum Gasteiger partial charge on any atom is -0.472 e. The van der Waals surface area contributed by atoms with E-state index in [1.165, 1.54) is 0 Å². The van der Waals surface area contributed by atoms with Gasteiger partial charge in [-0.25, -0.2) is 4.98 Å². The Hall–Kier alpha value is -1.13. The lowest BCUT2D eigenvalue weighted by Gasteiger charge is -2.14. The minimum absolute atomic E-state index is 0.00222. The minimum atomic E-state index is 0.00222. The molecule has 1 aromatic rings. The first kappa shape index (κ1) is 12.9. The maximum Gasteiger partial charge on any atom is 0.213 e. The first-order valence-corrected chi connectivity index (χ1v) is 5.59. The lowest BCUT2D eigenvalue weighted by atomic mass is 10.2. The predicted molar refractivity (Wildman–Crippen MR) is 63.4 cm³/mol. The van der Waals surface area contributed by atoms with Crippen LogP contribution in [0.1, 0.15) is 32.4 Å². The number of ether oxygens (including phenoxy) is 2. The van der Waals surface area contributed by atoms with E-state index in [0.29, 0.717) is 19.1 Å². The van der Waals surface area contributed by atoms with Gasteiger partial charge >= 0.3 is 0 Å². The topological polar surface area (TPSA) is 57.4 Å². The summed E-state index contributed by atoms with van der Waals surface area (Å²) >= 11 is 0. The Morgan fingerprint density at radius 1 is 1.38 bits per heavy atom. The molecule has 2 atom stereocenters. The molecule has 0 aliphatic carbocycles. The van der Waals surface area contributed by atoms with Crippen LogP contribution in [0.25, 0.3) is 0 Å². The lowest BCUT2D eigenvalue weighted by Crippen LogP contribution is -2.19. The van der Waals surface area contributed by atoms with Crippen molar-refractivity contribution in [1.29, 1.82) is 0 Å². The van der Waals surface area contributed by atoms with Gasteiger partial charge < -0.3 is 15.2 Å². The van der Waals surface area contributed by atoms with Crippen molar-refractivity contribution in [3.63, 3.8) is 0 Å². The van der Waals surface area contributed by atoms with E-state index in [1.54, 1.807) is 6.20 Å². The molecule has 1 unspecified atom stereocenters. The molecule has 90 valence electrons. The van der Waals surface area contributed by atoms with Gasteiger partial charge in [-0.2, -0.15) is 0 Å². The third-order valence-corrected chi connectivity index (χ3v) is 2.16. The number of hydrogen-bond acceptors (Lipinski definition) is 4. The summed E-state index contributed by atoms with van der Waals surface area (Å²) in [4.78, 5) is 4.19. The van der Waals surface area contributed by atoms with E-state index >= 15 is 0 Å². The molecule has 0 aromatic carbocycles. The molecule has 0 aliphatic heterocycles. The van der Waals surface area contributed by atoms with E-state index in [4.69, 9.17) is 15.2 Å². The number of aromatic nitrogens is 1. The first-order valence-electron chi connectivity index (χ1n) is 5.59. The summed E-state index contributed by atoms with van der Waals surface area (Å²) in [5, 5.41) is 0. The standard InChI is InChI=1S/C12H20N2O2/c1-4-15-8-9(2)16-12-6-5-11(7-14-12)10(3)13/h5-7,9-10H,4,8,13H2,1-3H3/t9?,10-/m0/s1. The summed E-state index contributed by atoms with van der Waals surface area (Å²) in [6, 6.07) is 3.77. The van der Waals surface area contributed by atoms with Crippen LogP contribution < -0.4 is 10.5 Å². The first-order chi connectivity index (χ1) is 7.63. The molecule has 16 heavy (non-hydrogen) atoms. The van der Waals surface area contributed by atoms with E-state index < -0.39 is 0 Å². The highest BCUT2D eigenvalue weighted by Crippen LogP contribution is 2.13. The summed E-state index contributed by atoms with van der Waals surface area (Å²) in [5.74, 6) is 0.608. The molecule has 0 fully saturated rings. The number of hydrogen-bond donors (Lipinski definition) is 1.